The van der Waals surface area contributed by atoms with Crippen LogP contribution in [0.2, 0.25) is 0 Å². The first-order valence-electron chi connectivity index (χ1n) is 12.1. The van der Waals surface area contributed by atoms with Gasteiger partial charge in [-0.1, -0.05) is 31.4 Å². The van der Waals surface area contributed by atoms with Crippen molar-refractivity contribution in [2.75, 3.05) is 5.32 Å². The molecule has 2 heterocycles. The molecule has 1 aliphatic heterocycles. The van der Waals surface area contributed by atoms with Crippen LogP contribution < -0.4 is 10.6 Å². The van der Waals surface area contributed by atoms with Gasteiger partial charge in [0.15, 0.2) is 0 Å². The zero-order valence-corrected chi connectivity index (χ0v) is 19.7. The van der Waals surface area contributed by atoms with Crippen LogP contribution >= 0.6 is 0 Å². The van der Waals surface area contributed by atoms with Gasteiger partial charge < -0.3 is 10.6 Å². The molecular formula is C28H26N4O4. The van der Waals surface area contributed by atoms with Crippen molar-refractivity contribution in [3.63, 3.8) is 0 Å². The van der Waals surface area contributed by atoms with Crippen LogP contribution in [0.3, 0.4) is 0 Å². The number of carbonyl (C=O) groups is 4. The number of aromatic nitrogens is 1. The van der Waals surface area contributed by atoms with Crippen molar-refractivity contribution in [2.24, 2.45) is 0 Å². The van der Waals surface area contributed by atoms with Crippen LogP contribution in [-0.4, -0.2) is 39.6 Å². The van der Waals surface area contributed by atoms with Crippen molar-refractivity contribution in [3.05, 3.63) is 94.8 Å². The van der Waals surface area contributed by atoms with Gasteiger partial charge in [0, 0.05) is 36.2 Å². The molecule has 2 aliphatic rings. The van der Waals surface area contributed by atoms with Gasteiger partial charge in [0.1, 0.15) is 0 Å². The Bertz CT molecular complexity index is 1320. The minimum Gasteiger partial charge on any atom is -0.348 e. The molecular weight excluding hydrogens is 456 g/mol. The number of amides is 4. The van der Waals surface area contributed by atoms with E-state index in [1.54, 1.807) is 42.6 Å². The predicted molar refractivity (Wildman–Crippen MR) is 134 cm³/mol. The molecule has 0 bridgehead atoms. The zero-order valence-electron chi connectivity index (χ0n) is 19.7. The third-order valence-corrected chi connectivity index (χ3v) is 6.71. The molecule has 8 heteroatoms. The van der Waals surface area contributed by atoms with Gasteiger partial charge in [0.2, 0.25) is 0 Å². The van der Waals surface area contributed by atoms with E-state index in [2.05, 4.69) is 15.6 Å². The first-order chi connectivity index (χ1) is 17.5. The Morgan fingerprint density at radius 1 is 0.861 bits per heavy atom. The Morgan fingerprint density at radius 3 is 2.33 bits per heavy atom. The SMILES string of the molecule is O=C(NCc1ccc(NC(=O)c2cccnc2)cc1)c1ccc2c(c1)C(=O)N(C1CCCCC1)C2=O. The minimum absolute atomic E-state index is 0.0551. The third kappa shape index (κ3) is 4.75. The Morgan fingerprint density at radius 2 is 1.61 bits per heavy atom. The maximum Gasteiger partial charge on any atom is 0.261 e. The second kappa shape index (κ2) is 10.1. The summed E-state index contributed by atoms with van der Waals surface area (Å²) in [5.74, 6) is -1.15. The van der Waals surface area contributed by atoms with E-state index in [0.717, 1.165) is 37.7 Å². The molecule has 2 N–H and O–H groups in total. The Balaban J connectivity index is 1.20. The van der Waals surface area contributed by atoms with E-state index in [9.17, 15) is 19.2 Å². The lowest BCUT2D eigenvalue weighted by Gasteiger charge is -2.29. The molecule has 1 aromatic heterocycles. The highest BCUT2D eigenvalue weighted by atomic mass is 16.2. The molecule has 0 atom stereocenters. The summed E-state index contributed by atoms with van der Waals surface area (Å²) in [5, 5.41) is 5.65. The molecule has 8 nitrogen and oxygen atoms in total. The molecule has 0 saturated heterocycles. The Hall–Kier alpha value is -4.33. The number of nitrogens with one attached hydrogen (secondary N) is 2. The zero-order chi connectivity index (χ0) is 25.1. The number of fused-ring (bicyclic) bond motifs is 1. The van der Waals surface area contributed by atoms with E-state index in [1.165, 1.54) is 17.2 Å². The molecule has 36 heavy (non-hydrogen) atoms. The quantitative estimate of drug-likeness (QED) is 0.512. The van der Waals surface area contributed by atoms with Gasteiger partial charge in [0.05, 0.1) is 16.7 Å². The standard InChI is InChI=1S/C28H26N4O4/c33-25(30-16-18-8-11-21(12-9-18)31-26(34)20-5-4-14-29-17-20)19-10-13-23-24(15-19)28(36)32(27(23)35)22-6-2-1-3-7-22/h4-5,8-15,17,22H,1-3,6-7,16H2,(H,30,33)(H,31,34). The summed E-state index contributed by atoms with van der Waals surface area (Å²) < 4.78 is 0. The fourth-order valence-corrected chi connectivity index (χ4v) is 4.76. The van der Waals surface area contributed by atoms with E-state index in [-0.39, 0.29) is 36.2 Å². The van der Waals surface area contributed by atoms with Crippen LogP contribution in [0.25, 0.3) is 0 Å². The van der Waals surface area contributed by atoms with Gasteiger partial charge in [0.25, 0.3) is 23.6 Å². The maximum atomic E-state index is 13.0. The van der Waals surface area contributed by atoms with Crippen molar-refractivity contribution < 1.29 is 19.2 Å². The molecule has 1 aliphatic carbocycles. The molecule has 1 fully saturated rings. The van der Waals surface area contributed by atoms with Gasteiger partial charge in [-0.3, -0.25) is 29.1 Å². The molecule has 0 spiro atoms. The number of hydrogen-bond donors (Lipinski definition) is 2. The summed E-state index contributed by atoms with van der Waals surface area (Å²) in [7, 11) is 0. The number of imide groups is 1. The lowest BCUT2D eigenvalue weighted by Crippen LogP contribution is -2.40. The number of hydrogen-bond acceptors (Lipinski definition) is 5. The van der Waals surface area contributed by atoms with Gasteiger partial charge in [-0.25, -0.2) is 0 Å². The van der Waals surface area contributed by atoms with Crippen LogP contribution in [0.4, 0.5) is 5.69 Å². The summed E-state index contributed by atoms with van der Waals surface area (Å²) in [6.07, 6.45) is 7.94. The van der Waals surface area contributed by atoms with Crippen LogP contribution in [-0.2, 0) is 6.54 Å². The smallest absolute Gasteiger partial charge is 0.261 e. The summed E-state index contributed by atoms with van der Waals surface area (Å²) in [5.41, 5.74) is 2.94. The predicted octanol–water partition coefficient (Wildman–Crippen LogP) is 4.19. The van der Waals surface area contributed by atoms with E-state index in [4.69, 9.17) is 0 Å². The van der Waals surface area contributed by atoms with E-state index in [0.29, 0.717) is 27.9 Å². The Kier molecular flexibility index (Phi) is 6.58. The topological polar surface area (TPSA) is 108 Å². The molecule has 3 aromatic rings. The van der Waals surface area contributed by atoms with Crippen LogP contribution in [0.5, 0.6) is 0 Å². The number of carbonyl (C=O) groups excluding carboxylic acids is 4. The third-order valence-electron chi connectivity index (χ3n) is 6.71. The number of rotatable bonds is 6. The number of pyridine rings is 1. The first kappa shape index (κ1) is 23.4. The highest BCUT2D eigenvalue weighted by molar-refractivity contribution is 6.22. The summed E-state index contributed by atoms with van der Waals surface area (Å²) in [6, 6.07) is 15.1. The summed E-state index contributed by atoms with van der Waals surface area (Å²) in [4.78, 5) is 56.2. The van der Waals surface area contributed by atoms with Gasteiger partial charge >= 0.3 is 0 Å². The van der Waals surface area contributed by atoms with Crippen LogP contribution in [0.1, 0.15) is 79.1 Å². The van der Waals surface area contributed by atoms with Crippen molar-refractivity contribution >= 4 is 29.3 Å². The molecule has 1 saturated carbocycles. The molecule has 0 unspecified atom stereocenters. The average Bonchev–Trinajstić information content (AvgIpc) is 3.18. The van der Waals surface area contributed by atoms with Crippen molar-refractivity contribution in [1.82, 2.24) is 15.2 Å². The molecule has 0 radical (unpaired) electrons. The maximum absolute atomic E-state index is 13.0. The summed E-state index contributed by atoms with van der Waals surface area (Å²) in [6.45, 7) is 0.272. The average molecular weight is 483 g/mol. The second-order valence-electron chi connectivity index (χ2n) is 9.11. The molecule has 4 amide bonds. The number of benzene rings is 2. The second-order valence-corrected chi connectivity index (χ2v) is 9.11. The normalized spacial score (nSPS) is 15.5. The van der Waals surface area contributed by atoms with Crippen LogP contribution in [0, 0.1) is 0 Å². The highest BCUT2D eigenvalue weighted by Gasteiger charge is 2.40. The first-order valence-corrected chi connectivity index (χ1v) is 12.1. The number of nitrogens with zero attached hydrogens (tertiary/aromatic N) is 2. The molecule has 2 aromatic carbocycles. The van der Waals surface area contributed by atoms with Gasteiger partial charge in [-0.2, -0.15) is 0 Å². The minimum atomic E-state index is -0.330. The lowest BCUT2D eigenvalue weighted by atomic mass is 9.94. The largest absolute Gasteiger partial charge is 0.348 e. The van der Waals surface area contributed by atoms with E-state index >= 15 is 0 Å². The van der Waals surface area contributed by atoms with Crippen molar-refractivity contribution in [2.45, 2.75) is 44.7 Å². The van der Waals surface area contributed by atoms with Crippen molar-refractivity contribution in [3.8, 4) is 0 Å². The monoisotopic (exact) mass is 482 g/mol. The van der Waals surface area contributed by atoms with Gasteiger partial charge in [-0.15, -0.1) is 0 Å². The number of anilines is 1. The Labute approximate surface area is 208 Å². The lowest BCUT2D eigenvalue weighted by molar-refractivity contribution is 0.0548. The van der Waals surface area contributed by atoms with Crippen molar-refractivity contribution in [1.29, 1.82) is 0 Å². The molecule has 5 rings (SSSR count). The van der Waals surface area contributed by atoms with E-state index in [1.807, 2.05) is 12.1 Å². The van der Waals surface area contributed by atoms with E-state index < -0.39 is 0 Å². The van der Waals surface area contributed by atoms with Crippen LogP contribution in [0.15, 0.2) is 67.0 Å². The van der Waals surface area contributed by atoms with Gasteiger partial charge in [-0.05, 0) is 60.9 Å². The fraction of sp³-hybridized carbons (Fsp3) is 0.250. The fourth-order valence-electron chi connectivity index (χ4n) is 4.76. The highest BCUT2D eigenvalue weighted by Crippen LogP contribution is 2.31. The summed E-state index contributed by atoms with van der Waals surface area (Å²) >= 11 is 0. The molecule has 182 valence electrons.